The quantitative estimate of drug-likeness (QED) is 0.0554. The molecule has 11 rings (SSSR count). The molecule has 8 N–H and O–H groups in total. The van der Waals surface area contributed by atoms with Gasteiger partial charge >= 0.3 is 0 Å². The number of nitrogens with zero attached hydrogens (tertiary/aromatic N) is 3. The van der Waals surface area contributed by atoms with Crippen LogP contribution in [0.5, 0.6) is 0 Å². The van der Waals surface area contributed by atoms with Crippen molar-refractivity contribution in [3.8, 4) is 11.8 Å². The van der Waals surface area contributed by atoms with Gasteiger partial charge in [0.05, 0.1) is 41.8 Å². The van der Waals surface area contributed by atoms with Crippen LogP contribution in [0.3, 0.4) is 0 Å². The minimum absolute atomic E-state index is 0.0137. The average Bonchev–Trinajstić information content (AvgIpc) is 3.96. The number of guanidine groups is 1. The van der Waals surface area contributed by atoms with Gasteiger partial charge in [-0.15, -0.1) is 0 Å². The summed E-state index contributed by atoms with van der Waals surface area (Å²) in [6, 6.07) is 20.3. The Morgan fingerprint density at radius 1 is 1.02 bits per heavy atom. The molecule has 10 nitrogen and oxygen atoms in total. The largest absolute Gasteiger partial charge is 0.390 e. The molecule has 0 saturated heterocycles. The summed E-state index contributed by atoms with van der Waals surface area (Å²) in [7, 11) is 0. The number of aliphatic imine (C=N–C) groups is 1. The number of para-hydroxylation sites is 1. The lowest BCUT2D eigenvalue weighted by Gasteiger charge is -2.58. The van der Waals surface area contributed by atoms with Crippen molar-refractivity contribution in [3.63, 3.8) is 0 Å². The highest BCUT2D eigenvalue weighted by atomic mass is 16.3. The standard InChI is InChI=1S/C48H58N6O4/c1-44(56)33-12-14-38-42-39(44)23-41(55)48(42,58)27-36(53-43(49)51-18-15-31-7-3-2-4-8-31)13-11-34-24-45(16-17-46(57,28-45)29-54-20-19-50-30-54)25-35(47(34,38)26-33)22-37-21-32-9-5-6-10-40(32)52-37/h2-10,19-21,25,30,33-34,36,38-39,41-42,52,55-58H,12,14-18,22-24,26-29H2,1H3,(H3,49,51,53). The van der Waals surface area contributed by atoms with Crippen molar-refractivity contribution in [2.24, 2.45) is 51.1 Å². The number of H-pyrrole nitrogens is 1. The number of aliphatic hydroxyl groups is 4. The molecule has 7 aliphatic rings. The smallest absolute Gasteiger partial charge is 0.189 e. The topological polar surface area (TPSA) is 165 Å². The van der Waals surface area contributed by atoms with Crippen molar-refractivity contribution in [1.82, 2.24) is 19.9 Å². The number of hydrogen-bond donors (Lipinski definition) is 7. The Labute approximate surface area is 341 Å². The first-order chi connectivity index (χ1) is 27.9. The lowest BCUT2D eigenvalue weighted by Crippen LogP contribution is -2.56. The zero-order chi connectivity index (χ0) is 39.9. The minimum Gasteiger partial charge on any atom is -0.390 e. The molecule has 7 aliphatic carbocycles. The lowest BCUT2D eigenvalue weighted by molar-refractivity contribution is -0.128. The van der Waals surface area contributed by atoms with Gasteiger partial charge in [-0.1, -0.05) is 72.0 Å². The van der Waals surface area contributed by atoms with Gasteiger partial charge in [0.2, 0.25) is 0 Å². The zero-order valence-corrected chi connectivity index (χ0v) is 33.5. The maximum atomic E-state index is 13.2. The van der Waals surface area contributed by atoms with Crippen LogP contribution in [-0.2, 0) is 19.4 Å². The number of benzene rings is 2. The first-order valence-corrected chi connectivity index (χ1v) is 21.6. The molecule has 0 amide bonds. The molecule has 12 unspecified atom stereocenters. The van der Waals surface area contributed by atoms with E-state index in [4.69, 9.17) is 5.73 Å². The molecule has 304 valence electrons. The number of imidazole rings is 1. The molecule has 2 aromatic heterocycles. The van der Waals surface area contributed by atoms with Gasteiger partial charge in [-0.2, -0.15) is 0 Å². The van der Waals surface area contributed by atoms with Crippen LogP contribution in [0.4, 0.5) is 0 Å². The number of aliphatic hydroxyl groups excluding tert-OH is 1. The molecule has 2 heterocycles. The molecule has 4 aromatic rings. The zero-order valence-electron chi connectivity index (χ0n) is 33.5. The van der Waals surface area contributed by atoms with Gasteiger partial charge in [0.25, 0.3) is 0 Å². The third kappa shape index (κ3) is 6.23. The van der Waals surface area contributed by atoms with Crippen LogP contribution in [0.25, 0.3) is 10.9 Å². The number of nitrogens with one attached hydrogen (secondary N) is 2. The van der Waals surface area contributed by atoms with E-state index in [2.05, 4.69) is 80.7 Å². The summed E-state index contributed by atoms with van der Waals surface area (Å²) >= 11 is 0. The van der Waals surface area contributed by atoms with E-state index in [0.717, 1.165) is 55.1 Å². The first kappa shape index (κ1) is 37.8. The van der Waals surface area contributed by atoms with E-state index in [0.29, 0.717) is 38.8 Å². The summed E-state index contributed by atoms with van der Waals surface area (Å²) < 4.78 is 1.99. The molecule has 5 fully saturated rings. The normalized spacial score (nSPS) is 40.3. The molecule has 5 saturated carbocycles. The Morgan fingerprint density at radius 3 is 2.66 bits per heavy atom. The minimum atomic E-state index is -1.50. The second kappa shape index (κ2) is 13.8. The molecule has 12 atom stereocenters. The highest BCUT2D eigenvalue weighted by Gasteiger charge is 2.72. The number of fused-ring (bicyclic) bond motifs is 2. The van der Waals surface area contributed by atoms with E-state index in [1.807, 2.05) is 35.9 Å². The van der Waals surface area contributed by atoms with Gasteiger partial charge in [-0.3, -0.25) is 4.99 Å². The summed E-state index contributed by atoms with van der Waals surface area (Å²) in [5, 5.41) is 54.8. The lowest BCUT2D eigenvalue weighted by atomic mass is 9.46. The van der Waals surface area contributed by atoms with Crippen molar-refractivity contribution < 1.29 is 20.4 Å². The van der Waals surface area contributed by atoms with E-state index < -0.39 is 34.4 Å². The van der Waals surface area contributed by atoms with Crippen molar-refractivity contribution in [3.05, 3.63) is 102 Å². The Balaban J connectivity index is 1.10. The summed E-state index contributed by atoms with van der Waals surface area (Å²) in [6.45, 7) is 2.97. The number of nitrogens with two attached hydrogens (primary N) is 1. The maximum absolute atomic E-state index is 13.2. The van der Waals surface area contributed by atoms with Crippen LogP contribution in [0.2, 0.25) is 0 Å². The highest BCUT2D eigenvalue weighted by Crippen LogP contribution is 2.72. The molecule has 0 aliphatic heterocycles. The van der Waals surface area contributed by atoms with Crippen LogP contribution >= 0.6 is 0 Å². The summed E-state index contributed by atoms with van der Waals surface area (Å²) in [5.74, 6) is 7.02. The number of aromatic nitrogens is 3. The van der Waals surface area contributed by atoms with Gasteiger partial charge in [-0.25, -0.2) is 4.98 Å². The Kier molecular flexibility index (Phi) is 9.03. The summed E-state index contributed by atoms with van der Waals surface area (Å²) in [5.41, 5.74) is 7.06. The fourth-order valence-corrected chi connectivity index (χ4v) is 13.5. The number of aromatic amines is 1. The molecule has 10 heteroatoms. The third-order valence-corrected chi connectivity index (χ3v) is 16.0. The van der Waals surface area contributed by atoms with Gasteiger partial charge < -0.3 is 41.0 Å². The van der Waals surface area contributed by atoms with Crippen molar-refractivity contribution in [2.45, 2.75) is 113 Å². The fraction of sp³-hybridized carbons (Fsp3) is 0.542. The molecule has 58 heavy (non-hydrogen) atoms. The van der Waals surface area contributed by atoms with Crippen LogP contribution in [0, 0.1) is 52.3 Å². The Morgan fingerprint density at radius 2 is 1.84 bits per heavy atom. The van der Waals surface area contributed by atoms with E-state index >= 15 is 0 Å². The van der Waals surface area contributed by atoms with Crippen molar-refractivity contribution >= 4 is 16.9 Å². The van der Waals surface area contributed by atoms with Gasteiger partial charge in [0, 0.05) is 54.3 Å². The summed E-state index contributed by atoms with van der Waals surface area (Å²) in [4.78, 5) is 12.7. The van der Waals surface area contributed by atoms with E-state index in [9.17, 15) is 20.4 Å². The van der Waals surface area contributed by atoms with Gasteiger partial charge in [0.1, 0.15) is 0 Å². The van der Waals surface area contributed by atoms with Gasteiger partial charge in [-0.05, 0) is 117 Å². The molecular weight excluding hydrogens is 725 g/mol. The third-order valence-electron chi connectivity index (χ3n) is 16.0. The molecular formula is C48H58N6O4. The molecule has 2 aromatic carbocycles. The summed E-state index contributed by atoms with van der Waals surface area (Å²) in [6.07, 6.45) is 14.3. The number of allylic oxidation sites excluding steroid dienone is 2. The second-order valence-electron chi connectivity index (χ2n) is 19.4. The first-order valence-electron chi connectivity index (χ1n) is 21.6. The van der Waals surface area contributed by atoms with Crippen molar-refractivity contribution in [1.29, 1.82) is 0 Å². The maximum Gasteiger partial charge on any atom is 0.189 e. The van der Waals surface area contributed by atoms with Crippen LogP contribution in [0.1, 0.15) is 76.0 Å². The molecule has 2 spiro atoms. The Hall–Kier alpha value is -4.40. The number of rotatable bonds is 8. The SMILES string of the molecule is CC1(O)C2CCC3C4C1CC(O)C4(O)CC(NC(N)=NCCc1ccccc1)C#CC1CC4(C=C(Cc5cc6ccccc6[nH]5)C13C2)CCC(O)(Cn1ccnc1)C4. The van der Waals surface area contributed by atoms with Crippen LogP contribution in [0.15, 0.2) is 96.0 Å². The number of hydrogen-bond acceptors (Lipinski definition) is 6. The van der Waals surface area contributed by atoms with Crippen LogP contribution in [-0.4, -0.2) is 76.4 Å². The van der Waals surface area contributed by atoms with E-state index in [1.54, 1.807) is 12.5 Å². The van der Waals surface area contributed by atoms with Crippen LogP contribution < -0.4 is 11.1 Å². The predicted octanol–water partition coefficient (Wildman–Crippen LogP) is 5.27. The average molecular weight is 783 g/mol. The van der Waals surface area contributed by atoms with E-state index in [-0.39, 0.29) is 47.4 Å². The van der Waals surface area contributed by atoms with E-state index in [1.165, 1.54) is 11.1 Å². The Bertz CT molecular complexity index is 2260. The fourth-order valence-electron chi connectivity index (χ4n) is 13.5. The van der Waals surface area contributed by atoms with Crippen molar-refractivity contribution in [2.75, 3.05) is 6.54 Å². The monoisotopic (exact) mass is 782 g/mol. The van der Waals surface area contributed by atoms with Gasteiger partial charge in [0.15, 0.2) is 5.96 Å². The molecule has 4 bridgehead atoms. The predicted molar refractivity (Wildman–Crippen MR) is 224 cm³/mol. The second-order valence-corrected chi connectivity index (χ2v) is 19.4. The molecule has 0 radical (unpaired) electrons. The highest BCUT2D eigenvalue weighted by molar-refractivity contribution is 5.80.